The van der Waals surface area contributed by atoms with Gasteiger partial charge in [0, 0.05) is 47.0 Å². The number of aryl methyl sites for hydroxylation is 2. The van der Waals surface area contributed by atoms with E-state index >= 15 is 0 Å². The molecule has 8 aromatic heterocycles. The number of anilines is 4. The van der Waals surface area contributed by atoms with E-state index in [2.05, 4.69) is 45.7 Å². The molecular formula is C41H35Cl2N11O4S2. The fourth-order valence-corrected chi connectivity index (χ4v) is 12.0. The summed E-state index contributed by atoms with van der Waals surface area (Å²) in [7, 11) is 0. The number of ether oxygens (including phenoxy) is 1. The van der Waals surface area contributed by atoms with Gasteiger partial charge in [0.1, 0.15) is 34.0 Å². The maximum atomic E-state index is 13.3. The Bertz CT molecular complexity index is 3020. The molecule has 2 aliphatic heterocycles. The molecule has 10 heterocycles. The van der Waals surface area contributed by atoms with Crippen LogP contribution in [0.3, 0.4) is 0 Å². The van der Waals surface area contributed by atoms with E-state index in [1.165, 1.54) is 16.8 Å². The lowest BCUT2D eigenvalue weighted by Crippen LogP contribution is -2.45. The first-order chi connectivity index (χ1) is 29.2. The van der Waals surface area contributed by atoms with E-state index in [1.54, 1.807) is 62.8 Å². The molecule has 3 N–H and O–H groups in total. The predicted molar refractivity (Wildman–Crippen MR) is 230 cm³/mol. The number of fused-ring (bicyclic) bond motifs is 10. The summed E-state index contributed by atoms with van der Waals surface area (Å²) in [6, 6.07) is 7.98. The second-order valence-corrected chi connectivity index (χ2v) is 18.6. The average molecular weight is 881 g/mol. The minimum Gasteiger partial charge on any atom is -0.481 e. The Labute approximate surface area is 359 Å². The number of thiophene rings is 2. The number of hydrogen-bond donors (Lipinski definition) is 3. The third kappa shape index (κ3) is 6.59. The van der Waals surface area contributed by atoms with E-state index in [-0.39, 0.29) is 24.0 Å². The fraction of sp³-hybridized carbons (Fsp3) is 0.317. The summed E-state index contributed by atoms with van der Waals surface area (Å²) in [6.07, 6.45) is 15.7. The molecule has 12 rings (SSSR count). The number of aliphatic carboxylic acids is 1. The zero-order valence-electron chi connectivity index (χ0n) is 31.7. The molecule has 0 radical (unpaired) electrons. The van der Waals surface area contributed by atoms with Crippen molar-refractivity contribution < 1.29 is 19.4 Å². The third-order valence-electron chi connectivity index (χ3n) is 12.1. The number of pyridine rings is 2. The third-order valence-corrected chi connectivity index (χ3v) is 15.0. The van der Waals surface area contributed by atoms with Gasteiger partial charge in [0.2, 0.25) is 5.91 Å². The molecule has 0 unspecified atom stereocenters. The molecule has 8 aromatic rings. The number of carboxylic acid groups (broad SMARTS) is 1. The molecule has 0 aromatic carbocycles. The molecule has 4 atom stereocenters. The van der Waals surface area contributed by atoms with Gasteiger partial charge in [0.25, 0.3) is 0 Å². The lowest BCUT2D eigenvalue weighted by atomic mass is 9.86. The molecule has 2 aliphatic carbocycles. The van der Waals surface area contributed by atoms with Crippen LogP contribution >= 0.6 is 45.9 Å². The van der Waals surface area contributed by atoms with E-state index in [9.17, 15) is 14.7 Å². The van der Waals surface area contributed by atoms with Crippen molar-refractivity contribution in [2.24, 2.45) is 11.8 Å². The van der Waals surface area contributed by atoms with Crippen LogP contribution in [0.2, 0.25) is 10.0 Å². The van der Waals surface area contributed by atoms with E-state index < -0.39 is 5.97 Å². The summed E-state index contributed by atoms with van der Waals surface area (Å²) in [6.45, 7) is 1.44. The van der Waals surface area contributed by atoms with Gasteiger partial charge < -0.3 is 25.4 Å². The van der Waals surface area contributed by atoms with Crippen LogP contribution in [0.1, 0.15) is 40.1 Å². The molecule has 2 fully saturated rings. The highest BCUT2D eigenvalue weighted by atomic mass is 35.5. The van der Waals surface area contributed by atoms with Gasteiger partial charge in [-0.25, -0.2) is 29.0 Å². The second-order valence-electron chi connectivity index (χ2n) is 15.6. The minimum atomic E-state index is -0.733. The number of likely N-dealkylation sites (tertiary alicyclic amines) is 1. The first-order valence-corrected chi connectivity index (χ1v) is 22.1. The van der Waals surface area contributed by atoms with Crippen molar-refractivity contribution >= 4 is 112 Å². The lowest BCUT2D eigenvalue weighted by Gasteiger charge is -2.32. The van der Waals surface area contributed by atoms with E-state index in [0.29, 0.717) is 47.6 Å². The molecule has 0 spiro atoms. The number of carbonyl (C=O) groups is 2. The van der Waals surface area contributed by atoms with Gasteiger partial charge >= 0.3 is 5.97 Å². The number of morpholine rings is 1. The van der Waals surface area contributed by atoms with Gasteiger partial charge in [0.05, 0.1) is 67.9 Å². The Morgan fingerprint density at radius 2 is 1.33 bits per heavy atom. The number of carboxylic acids is 1. The van der Waals surface area contributed by atoms with Crippen molar-refractivity contribution in [3.8, 4) is 0 Å². The van der Waals surface area contributed by atoms with E-state index in [0.717, 1.165) is 91.3 Å². The number of amides is 1. The molecule has 0 saturated carbocycles. The molecule has 4 aliphatic rings. The number of nitrogens with zero attached hydrogens (tertiary/aromatic N) is 9. The van der Waals surface area contributed by atoms with Crippen molar-refractivity contribution in [3.63, 3.8) is 0 Å². The van der Waals surface area contributed by atoms with Crippen molar-refractivity contribution in [1.82, 2.24) is 44.1 Å². The van der Waals surface area contributed by atoms with Gasteiger partial charge in [-0.3, -0.25) is 9.59 Å². The smallest absolute Gasteiger partial charge is 0.306 e. The number of halogens is 2. The Balaban J connectivity index is 0.000000139. The molecule has 15 nitrogen and oxygen atoms in total. The number of rotatable bonds is 6. The Kier molecular flexibility index (Phi) is 9.33. The summed E-state index contributed by atoms with van der Waals surface area (Å²) in [5.41, 5.74) is 5.79. The van der Waals surface area contributed by atoms with Gasteiger partial charge in [-0.2, -0.15) is 10.2 Å². The van der Waals surface area contributed by atoms with Crippen LogP contribution in [-0.2, 0) is 40.0 Å². The molecule has 1 amide bonds. The van der Waals surface area contributed by atoms with E-state index in [1.807, 2.05) is 24.3 Å². The Hall–Kier alpha value is -5.46. The first kappa shape index (κ1) is 37.5. The number of nitrogens with one attached hydrogen (secondary N) is 2. The Morgan fingerprint density at radius 3 is 1.85 bits per heavy atom. The van der Waals surface area contributed by atoms with Crippen LogP contribution in [0.25, 0.3) is 31.5 Å². The topological polar surface area (TPSA) is 177 Å². The SMILES string of the molecule is O=C(O)[C@H]1CCc2c(sc3ncnc(Nc4cc5ccnn5cc4Cl)c23)C1.O=C([C@H]1CCc2c(sc3ncnc(Nc4cc5ccnn5cc4Cl)c23)C1)N1C[C@H]2C[C@@H]1CO2. The monoisotopic (exact) mass is 879 g/mol. The summed E-state index contributed by atoms with van der Waals surface area (Å²) in [5, 5.41) is 27.6. The summed E-state index contributed by atoms with van der Waals surface area (Å²) in [5.74, 6) is 0.711. The highest BCUT2D eigenvalue weighted by Crippen LogP contribution is 2.43. The van der Waals surface area contributed by atoms with Crippen molar-refractivity contribution in [1.29, 1.82) is 0 Å². The standard InChI is InChI=1S/C23H21ClN6O2S.C18H14ClN5O2S/c24-17-9-30-13(3-4-27-30)7-18(17)28-21-20-16-2-1-12(5-19(16)33-22(20)26-11-25-21)23(31)29-8-15-6-14(29)10-32-15;19-12-7-24-10(3-4-22-24)6-13(12)23-16-15-11-2-1-9(18(25)26)5-14(11)27-17(15)21-8-20-16/h3-4,7,9,11-12,14-15H,1-2,5-6,8,10H2,(H,25,26,28);3-4,6-9H,1-2,5H2,(H,25,26)(H,20,21,23)/t12-,14+,15+;9-/m00/s1. The molecule has 2 saturated heterocycles. The zero-order valence-corrected chi connectivity index (χ0v) is 34.9. The molecule has 2 bridgehead atoms. The summed E-state index contributed by atoms with van der Waals surface area (Å²) >= 11 is 16.1. The van der Waals surface area contributed by atoms with Crippen LogP contribution < -0.4 is 10.6 Å². The van der Waals surface area contributed by atoms with Crippen LogP contribution in [0.5, 0.6) is 0 Å². The number of carbonyl (C=O) groups excluding carboxylic acids is 1. The summed E-state index contributed by atoms with van der Waals surface area (Å²) < 4.78 is 9.13. The first-order valence-electron chi connectivity index (χ1n) is 19.7. The van der Waals surface area contributed by atoms with Gasteiger partial charge in [-0.1, -0.05) is 23.2 Å². The van der Waals surface area contributed by atoms with Crippen molar-refractivity contribution in [2.45, 2.75) is 57.1 Å². The van der Waals surface area contributed by atoms with Gasteiger partial charge in [0.15, 0.2) is 0 Å². The van der Waals surface area contributed by atoms with Gasteiger partial charge in [-0.15, -0.1) is 22.7 Å². The quantitative estimate of drug-likeness (QED) is 0.148. The lowest BCUT2D eigenvalue weighted by molar-refractivity contribution is -0.142. The van der Waals surface area contributed by atoms with Crippen LogP contribution in [0.15, 0.2) is 61.7 Å². The predicted octanol–water partition coefficient (Wildman–Crippen LogP) is 7.77. The normalized spacial score (nSPS) is 20.7. The van der Waals surface area contributed by atoms with Crippen molar-refractivity contribution in [2.75, 3.05) is 23.8 Å². The minimum absolute atomic E-state index is 0.0352. The zero-order chi connectivity index (χ0) is 40.6. The van der Waals surface area contributed by atoms with Gasteiger partial charge in [-0.05, 0) is 80.3 Å². The van der Waals surface area contributed by atoms with Crippen LogP contribution in [-0.4, -0.2) is 86.3 Å². The maximum Gasteiger partial charge on any atom is 0.306 e. The fourth-order valence-electron chi connectivity index (χ4n) is 9.06. The molecule has 60 heavy (non-hydrogen) atoms. The largest absolute Gasteiger partial charge is 0.481 e. The number of hydrogen-bond acceptors (Lipinski definition) is 13. The van der Waals surface area contributed by atoms with Crippen LogP contribution in [0.4, 0.5) is 23.0 Å². The molecular weight excluding hydrogens is 846 g/mol. The van der Waals surface area contributed by atoms with Crippen molar-refractivity contribution in [3.05, 3.63) is 92.6 Å². The molecule has 304 valence electrons. The van der Waals surface area contributed by atoms with Crippen LogP contribution in [0, 0.1) is 11.8 Å². The number of aromatic nitrogens is 8. The maximum absolute atomic E-state index is 13.3. The molecule has 19 heteroatoms. The van der Waals surface area contributed by atoms with E-state index in [4.69, 9.17) is 27.9 Å². The highest BCUT2D eigenvalue weighted by molar-refractivity contribution is 7.19. The average Bonchev–Trinajstić information content (AvgIpc) is 4.12. The highest BCUT2D eigenvalue weighted by Gasteiger charge is 2.44. The Morgan fingerprint density at radius 1 is 0.783 bits per heavy atom. The summed E-state index contributed by atoms with van der Waals surface area (Å²) in [4.78, 5) is 48.7. The second kappa shape index (κ2) is 14.9.